The first-order chi connectivity index (χ1) is 12.8. The van der Waals surface area contributed by atoms with Gasteiger partial charge in [0.2, 0.25) is 0 Å². The number of ether oxygens (including phenoxy) is 1. The number of amides is 1. The smallest absolute Gasteiger partial charge is 0.287 e. The third-order valence-electron chi connectivity index (χ3n) is 4.70. The zero-order valence-electron chi connectivity index (χ0n) is 14.6. The molecule has 0 bridgehead atoms. The molecule has 1 fully saturated rings. The van der Waals surface area contributed by atoms with Crippen molar-refractivity contribution >= 4 is 16.9 Å². The molecule has 1 aliphatic rings. The van der Waals surface area contributed by atoms with E-state index in [0.717, 1.165) is 49.4 Å². The summed E-state index contributed by atoms with van der Waals surface area (Å²) in [7, 11) is 0. The van der Waals surface area contributed by atoms with E-state index in [4.69, 9.17) is 9.15 Å². The summed E-state index contributed by atoms with van der Waals surface area (Å²) >= 11 is 0. The third-order valence-corrected chi connectivity index (χ3v) is 4.70. The van der Waals surface area contributed by atoms with E-state index in [1.54, 1.807) is 6.07 Å². The molecule has 5 nitrogen and oxygen atoms in total. The number of hydrogen-bond acceptors (Lipinski definition) is 4. The summed E-state index contributed by atoms with van der Waals surface area (Å²) in [4.78, 5) is 15.1. The van der Waals surface area contributed by atoms with E-state index in [0.29, 0.717) is 5.76 Å². The maximum atomic E-state index is 12.8. The van der Waals surface area contributed by atoms with Gasteiger partial charge in [0.05, 0.1) is 19.3 Å². The summed E-state index contributed by atoms with van der Waals surface area (Å²) in [5.74, 6) is 0.150. The van der Waals surface area contributed by atoms with Crippen molar-refractivity contribution in [3.05, 3.63) is 72.0 Å². The van der Waals surface area contributed by atoms with Crippen LogP contribution >= 0.6 is 0 Å². The molecule has 4 rings (SSSR count). The largest absolute Gasteiger partial charge is 0.451 e. The van der Waals surface area contributed by atoms with E-state index in [1.165, 1.54) is 0 Å². The quantitative estimate of drug-likeness (QED) is 0.768. The summed E-state index contributed by atoms with van der Waals surface area (Å²) in [5.41, 5.74) is 1.81. The highest BCUT2D eigenvalue weighted by molar-refractivity contribution is 5.96. The predicted octanol–water partition coefficient (Wildman–Crippen LogP) is 3.24. The lowest BCUT2D eigenvalue weighted by Crippen LogP contribution is -2.43. The van der Waals surface area contributed by atoms with Crippen molar-refractivity contribution in [3.8, 4) is 0 Å². The van der Waals surface area contributed by atoms with Crippen LogP contribution in [0.2, 0.25) is 0 Å². The highest BCUT2D eigenvalue weighted by Gasteiger charge is 2.22. The second-order valence-corrected chi connectivity index (χ2v) is 6.50. The van der Waals surface area contributed by atoms with Crippen molar-refractivity contribution in [2.75, 3.05) is 32.8 Å². The molecule has 1 aromatic heterocycles. The minimum atomic E-state index is -0.191. The fourth-order valence-corrected chi connectivity index (χ4v) is 3.28. The van der Waals surface area contributed by atoms with Crippen LogP contribution in [0.15, 0.2) is 65.1 Å². The third kappa shape index (κ3) is 3.79. The fourth-order valence-electron chi connectivity index (χ4n) is 3.28. The molecular formula is C21H22N2O3. The molecule has 0 saturated carbocycles. The minimum absolute atomic E-state index is 0.102. The Labute approximate surface area is 152 Å². The highest BCUT2D eigenvalue weighted by atomic mass is 16.5. The van der Waals surface area contributed by atoms with Crippen molar-refractivity contribution in [3.63, 3.8) is 0 Å². The van der Waals surface area contributed by atoms with Crippen LogP contribution in [0.5, 0.6) is 0 Å². The second kappa shape index (κ2) is 7.72. The minimum Gasteiger partial charge on any atom is -0.451 e. The van der Waals surface area contributed by atoms with Gasteiger partial charge in [0, 0.05) is 25.0 Å². The van der Waals surface area contributed by atoms with Crippen molar-refractivity contribution in [1.82, 2.24) is 10.2 Å². The summed E-state index contributed by atoms with van der Waals surface area (Å²) in [6.45, 7) is 3.98. The number of nitrogens with one attached hydrogen (secondary N) is 1. The molecule has 2 aromatic carbocycles. The van der Waals surface area contributed by atoms with Crippen LogP contribution in [0.3, 0.4) is 0 Å². The number of para-hydroxylation sites is 1. The van der Waals surface area contributed by atoms with Gasteiger partial charge >= 0.3 is 0 Å². The van der Waals surface area contributed by atoms with Crippen LogP contribution < -0.4 is 5.32 Å². The summed E-state index contributed by atoms with van der Waals surface area (Å²) in [6.07, 6.45) is 0. The number of fused-ring (bicyclic) bond motifs is 1. The van der Waals surface area contributed by atoms with E-state index in [9.17, 15) is 4.79 Å². The Hall–Kier alpha value is -2.63. The SMILES string of the molecule is O=C(NC(CN1CCOCC1)c1ccccc1)c1cc2ccccc2o1. The molecule has 1 atom stereocenters. The molecule has 26 heavy (non-hydrogen) atoms. The normalized spacial score (nSPS) is 16.5. The van der Waals surface area contributed by atoms with E-state index in [2.05, 4.69) is 10.2 Å². The topological polar surface area (TPSA) is 54.7 Å². The second-order valence-electron chi connectivity index (χ2n) is 6.50. The van der Waals surface area contributed by atoms with E-state index in [-0.39, 0.29) is 11.9 Å². The fraction of sp³-hybridized carbons (Fsp3) is 0.286. The predicted molar refractivity (Wildman–Crippen MR) is 100 cm³/mol. The van der Waals surface area contributed by atoms with Crippen LogP contribution in [0.1, 0.15) is 22.2 Å². The van der Waals surface area contributed by atoms with E-state index in [1.807, 2.05) is 54.6 Å². The molecule has 0 radical (unpaired) electrons. The highest BCUT2D eigenvalue weighted by Crippen LogP contribution is 2.21. The van der Waals surface area contributed by atoms with Crippen molar-refractivity contribution in [2.45, 2.75) is 6.04 Å². The number of furan rings is 1. The van der Waals surface area contributed by atoms with Gasteiger partial charge < -0.3 is 14.5 Å². The molecule has 134 valence electrons. The van der Waals surface area contributed by atoms with Gasteiger partial charge in [-0.3, -0.25) is 9.69 Å². The zero-order chi connectivity index (χ0) is 17.8. The van der Waals surface area contributed by atoms with Gasteiger partial charge in [0.25, 0.3) is 5.91 Å². The van der Waals surface area contributed by atoms with Crippen LogP contribution in [-0.4, -0.2) is 43.7 Å². The van der Waals surface area contributed by atoms with Gasteiger partial charge in [-0.15, -0.1) is 0 Å². The number of morpholine rings is 1. The van der Waals surface area contributed by atoms with Crippen LogP contribution in [0.25, 0.3) is 11.0 Å². The maximum Gasteiger partial charge on any atom is 0.287 e. The number of rotatable bonds is 5. The average molecular weight is 350 g/mol. The number of carbonyl (C=O) groups is 1. The van der Waals surface area contributed by atoms with Gasteiger partial charge in [-0.1, -0.05) is 48.5 Å². The van der Waals surface area contributed by atoms with E-state index < -0.39 is 0 Å². The van der Waals surface area contributed by atoms with Crippen molar-refractivity contribution in [1.29, 1.82) is 0 Å². The molecule has 0 spiro atoms. The lowest BCUT2D eigenvalue weighted by molar-refractivity contribution is 0.0331. The molecular weight excluding hydrogens is 328 g/mol. The van der Waals surface area contributed by atoms with Gasteiger partial charge in [0.1, 0.15) is 5.58 Å². The average Bonchev–Trinajstić information content (AvgIpc) is 3.13. The van der Waals surface area contributed by atoms with Gasteiger partial charge in [-0.05, 0) is 17.7 Å². The molecule has 1 unspecified atom stereocenters. The van der Waals surface area contributed by atoms with Crippen LogP contribution in [-0.2, 0) is 4.74 Å². The van der Waals surface area contributed by atoms with Gasteiger partial charge in [-0.2, -0.15) is 0 Å². The summed E-state index contributed by atoms with van der Waals surface area (Å²) in [5, 5.41) is 4.08. The first-order valence-corrected chi connectivity index (χ1v) is 8.94. The monoisotopic (exact) mass is 350 g/mol. The van der Waals surface area contributed by atoms with Crippen molar-refractivity contribution in [2.24, 2.45) is 0 Å². The Morgan fingerprint density at radius 3 is 2.54 bits per heavy atom. The molecule has 1 saturated heterocycles. The number of nitrogens with zero attached hydrogens (tertiary/aromatic N) is 1. The van der Waals surface area contributed by atoms with Gasteiger partial charge in [-0.25, -0.2) is 0 Å². The standard InChI is InChI=1S/C21H22N2O3/c24-21(20-14-17-8-4-5-9-19(17)26-20)22-18(16-6-2-1-3-7-16)15-23-10-12-25-13-11-23/h1-9,14,18H,10-13,15H2,(H,22,24). The zero-order valence-corrected chi connectivity index (χ0v) is 14.6. The maximum absolute atomic E-state index is 12.8. The number of benzene rings is 2. The first-order valence-electron chi connectivity index (χ1n) is 8.94. The summed E-state index contributed by atoms with van der Waals surface area (Å²) in [6, 6.07) is 19.4. The summed E-state index contributed by atoms with van der Waals surface area (Å²) < 4.78 is 11.1. The van der Waals surface area contributed by atoms with Crippen LogP contribution in [0, 0.1) is 0 Å². The Morgan fingerprint density at radius 2 is 1.77 bits per heavy atom. The lowest BCUT2D eigenvalue weighted by Gasteiger charge is -2.31. The Kier molecular flexibility index (Phi) is 5.00. The Balaban J connectivity index is 1.54. The first kappa shape index (κ1) is 16.8. The Morgan fingerprint density at radius 1 is 1.04 bits per heavy atom. The molecule has 1 N–H and O–H groups in total. The lowest BCUT2D eigenvalue weighted by atomic mass is 10.1. The molecule has 3 aromatic rings. The number of hydrogen-bond donors (Lipinski definition) is 1. The molecule has 1 amide bonds. The molecule has 1 aliphatic heterocycles. The van der Waals surface area contributed by atoms with Crippen molar-refractivity contribution < 1.29 is 13.9 Å². The Bertz CT molecular complexity index is 836. The number of carbonyl (C=O) groups excluding carboxylic acids is 1. The molecule has 2 heterocycles. The van der Waals surface area contributed by atoms with Gasteiger partial charge in [0.15, 0.2) is 5.76 Å². The molecule has 0 aliphatic carbocycles. The van der Waals surface area contributed by atoms with E-state index >= 15 is 0 Å². The van der Waals surface area contributed by atoms with Crippen LogP contribution in [0.4, 0.5) is 0 Å². The molecule has 5 heteroatoms.